The first-order valence-corrected chi connectivity index (χ1v) is 7.08. The second-order valence-electron chi connectivity index (χ2n) is 4.48. The molecular weight excluding hydrogens is 242 g/mol. The van der Waals surface area contributed by atoms with Gasteiger partial charge in [-0.05, 0) is 35.9 Å². The molecule has 0 amide bonds. The van der Waals surface area contributed by atoms with Gasteiger partial charge < -0.3 is 10.4 Å². The van der Waals surface area contributed by atoms with Crippen LogP contribution in [0.1, 0.15) is 16.0 Å². The maximum atomic E-state index is 9.43. The van der Waals surface area contributed by atoms with Crippen LogP contribution >= 0.6 is 11.3 Å². The summed E-state index contributed by atoms with van der Waals surface area (Å²) in [7, 11) is 0. The zero-order chi connectivity index (χ0) is 12.8. The average Bonchev–Trinajstić information content (AvgIpc) is 2.81. The Balaban J connectivity index is 1.88. The highest BCUT2D eigenvalue weighted by Gasteiger charge is 2.09. The summed E-state index contributed by atoms with van der Waals surface area (Å²) >= 11 is 1.76. The minimum absolute atomic E-state index is 0.119. The Morgan fingerprint density at radius 2 is 2.00 bits per heavy atom. The van der Waals surface area contributed by atoms with E-state index < -0.39 is 0 Å². The topological polar surface area (TPSA) is 32.3 Å². The molecule has 2 aromatic rings. The second kappa shape index (κ2) is 6.69. The average molecular weight is 261 g/mol. The number of rotatable bonds is 6. The van der Waals surface area contributed by atoms with Gasteiger partial charge in [-0.25, -0.2) is 0 Å². The van der Waals surface area contributed by atoms with Gasteiger partial charge in [-0.1, -0.05) is 30.3 Å². The molecule has 1 aromatic heterocycles. The lowest BCUT2D eigenvalue weighted by atomic mass is 10.1. The van der Waals surface area contributed by atoms with Gasteiger partial charge in [0.25, 0.3) is 0 Å². The van der Waals surface area contributed by atoms with Crippen LogP contribution in [-0.2, 0) is 13.0 Å². The lowest BCUT2D eigenvalue weighted by molar-refractivity contribution is 0.241. The normalized spacial score (nSPS) is 12.6. The Kier molecular flexibility index (Phi) is 4.93. The van der Waals surface area contributed by atoms with E-state index in [1.165, 1.54) is 16.0 Å². The van der Waals surface area contributed by atoms with Crippen LogP contribution in [0.15, 0.2) is 41.8 Å². The Morgan fingerprint density at radius 1 is 1.22 bits per heavy atom. The maximum absolute atomic E-state index is 9.43. The third kappa shape index (κ3) is 3.67. The van der Waals surface area contributed by atoms with E-state index in [9.17, 15) is 5.11 Å². The minimum Gasteiger partial charge on any atom is -0.395 e. The van der Waals surface area contributed by atoms with Crippen molar-refractivity contribution < 1.29 is 5.11 Å². The molecule has 1 atom stereocenters. The van der Waals surface area contributed by atoms with Crippen LogP contribution in [0.4, 0.5) is 0 Å². The predicted octanol–water partition coefficient (Wildman–Crippen LogP) is 2.75. The van der Waals surface area contributed by atoms with Crippen LogP contribution in [0.2, 0.25) is 0 Å². The number of hydrogen-bond donors (Lipinski definition) is 2. The third-order valence-electron chi connectivity index (χ3n) is 3.06. The molecule has 1 heterocycles. The van der Waals surface area contributed by atoms with Gasteiger partial charge in [-0.3, -0.25) is 0 Å². The van der Waals surface area contributed by atoms with Crippen LogP contribution in [-0.4, -0.2) is 17.8 Å². The Labute approximate surface area is 112 Å². The van der Waals surface area contributed by atoms with Gasteiger partial charge in [0.05, 0.1) is 6.61 Å². The fourth-order valence-corrected chi connectivity index (χ4v) is 2.78. The van der Waals surface area contributed by atoms with Crippen LogP contribution in [0.25, 0.3) is 0 Å². The second-order valence-corrected chi connectivity index (χ2v) is 5.48. The molecule has 0 aliphatic rings. The Bertz CT molecular complexity index is 466. The number of hydrogen-bond acceptors (Lipinski definition) is 3. The van der Waals surface area contributed by atoms with E-state index in [1.54, 1.807) is 11.3 Å². The van der Waals surface area contributed by atoms with Crippen LogP contribution in [0, 0.1) is 6.92 Å². The predicted molar refractivity (Wildman–Crippen MR) is 76.9 cm³/mol. The molecule has 0 spiro atoms. The molecule has 0 saturated carbocycles. The molecule has 0 saturated heterocycles. The number of benzene rings is 1. The standard InChI is InChI=1S/C15H19NOS/c1-12-7-8-18-15(12)10-16-14(11-17)9-13-5-3-2-4-6-13/h2-8,14,16-17H,9-11H2,1H3/t14-/m0/s1. The highest BCUT2D eigenvalue weighted by Crippen LogP contribution is 2.15. The van der Waals surface area contributed by atoms with Crippen LogP contribution in [0.3, 0.4) is 0 Å². The van der Waals surface area contributed by atoms with Crippen molar-refractivity contribution in [3.63, 3.8) is 0 Å². The zero-order valence-electron chi connectivity index (χ0n) is 10.6. The van der Waals surface area contributed by atoms with Crippen molar-refractivity contribution in [2.45, 2.75) is 25.9 Å². The number of thiophene rings is 1. The minimum atomic E-state index is 0.119. The molecular formula is C15H19NOS. The first-order valence-electron chi connectivity index (χ1n) is 6.20. The van der Waals surface area contributed by atoms with E-state index >= 15 is 0 Å². The van der Waals surface area contributed by atoms with E-state index in [0.29, 0.717) is 0 Å². The first kappa shape index (κ1) is 13.3. The smallest absolute Gasteiger partial charge is 0.0587 e. The molecule has 2 nitrogen and oxygen atoms in total. The monoisotopic (exact) mass is 261 g/mol. The van der Waals surface area contributed by atoms with Gasteiger partial charge in [-0.15, -0.1) is 11.3 Å². The molecule has 2 N–H and O–H groups in total. The lowest BCUT2D eigenvalue weighted by Crippen LogP contribution is -2.33. The molecule has 0 aliphatic heterocycles. The van der Waals surface area contributed by atoms with Crippen LogP contribution < -0.4 is 5.32 Å². The summed E-state index contributed by atoms with van der Waals surface area (Å²) in [5.41, 5.74) is 2.58. The van der Waals surface area contributed by atoms with E-state index in [1.807, 2.05) is 18.2 Å². The zero-order valence-corrected chi connectivity index (χ0v) is 11.4. The third-order valence-corrected chi connectivity index (χ3v) is 4.09. The fraction of sp³-hybridized carbons (Fsp3) is 0.333. The Morgan fingerprint density at radius 3 is 2.61 bits per heavy atom. The van der Waals surface area contributed by atoms with Crippen molar-refractivity contribution in [2.24, 2.45) is 0 Å². The van der Waals surface area contributed by atoms with Gasteiger partial charge in [0.1, 0.15) is 0 Å². The summed E-state index contributed by atoms with van der Waals surface area (Å²) < 4.78 is 0. The fourth-order valence-electron chi connectivity index (χ4n) is 1.92. The number of nitrogens with one attached hydrogen (secondary N) is 1. The highest BCUT2D eigenvalue weighted by atomic mass is 32.1. The van der Waals surface area contributed by atoms with Gasteiger partial charge in [-0.2, -0.15) is 0 Å². The largest absolute Gasteiger partial charge is 0.395 e. The summed E-state index contributed by atoms with van der Waals surface area (Å²) in [5.74, 6) is 0. The SMILES string of the molecule is Cc1ccsc1CN[C@H](CO)Cc1ccccc1. The molecule has 1 aromatic carbocycles. The summed E-state index contributed by atoms with van der Waals surface area (Å²) in [6.07, 6.45) is 0.863. The summed E-state index contributed by atoms with van der Waals surface area (Å²) in [6, 6.07) is 12.5. The summed E-state index contributed by atoms with van der Waals surface area (Å²) in [6.45, 7) is 3.12. The number of aryl methyl sites for hydroxylation is 1. The van der Waals surface area contributed by atoms with Crippen molar-refractivity contribution in [3.8, 4) is 0 Å². The van der Waals surface area contributed by atoms with Gasteiger partial charge in [0.2, 0.25) is 0 Å². The number of aliphatic hydroxyl groups is 1. The van der Waals surface area contributed by atoms with Crippen molar-refractivity contribution in [3.05, 3.63) is 57.8 Å². The van der Waals surface area contributed by atoms with Gasteiger partial charge >= 0.3 is 0 Å². The van der Waals surface area contributed by atoms with Crippen molar-refractivity contribution >= 4 is 11.3 Å². The summed E-state index contributed by atoms with van der Waals surface area (Å²) in [4.78, 5) is 1.35. The molecule has 96 valence electrons. The van der Waals surface area contributed by atoms with Crippen LogP contribution in [0.5, 0.6) is 0 Å². The van der Waals surface area contributed by atoms with E-state index in [2.05, 4.69) is 35.8 Å². The molecule has 0 bridgehead atoms. The van der Waals surface area contributed by atoms with E-state index in [-0.39, 0.29) is 12.6 Å². The van der Waals surface area contributed by atoms with Gasteiger partial charge in [0, 0.05) is 17.5 Å². The van der Waals surface area contributed by atoms with Crippen molar-refractivity contribution in [1.82, 2.24) is 5.32 Å². The summed E-state index contributed by atoms with van der Waals surface area (Å²) in [5, 5.41) is 15.0. The highest BCUT2D eigenvalue weighted by molar-refractivity contribution is 7.10. The molecule has 2 rings (SSSR count). The van der Waals surface area contributed by atoms with Gasteiger partial charge in [0.15, 0.2) is 0 Å². The van der Waals surface area contributed by atoms with Crippen molar-refractivity contribution in [2.75, 3.05) is 6.61 Å². The molecule has 3 heteroatoms. The quantitative estimate of drug-likeness (QED) is 0.838. The molecule has 0 unspecified atom stereocenters. The number of aliphatic hydroxyl groups excluding tert-OH is 1. The molecule has 18 heavy (non-hydrogen) atoms. The Hall–Kier alpha value is -1.16. The molecule has 0 aliphatic carbocycles. The maximum Gasteiger partial charge on any atom is 0.0587 e. The van der Waals surface area contributed by atoms with E-state index in [0.717, 1.165) is 13.0 Å². The first-order chi connectivity index (χ1) is 8.79. The molecule has 0 fully saturated rings. The molecule has 0 radical (unpaired) electrons. The lowest BCUT2D eigenvalue weighted by Gasteiger charge is -2.16. The van der Waals surface area contributed by atoms with E-state index in [4.69, 9.17) is 0 Å². The van der Waals surface area contributed by atoms with Crippen molar-refractivity contribution in [1.29, 1.82) is 0 Å².